The lowest BCUT2D eigenvalue weighted by Gasteiger charge is -2.26. The molecule has 192 valence electrons. The average Bonchev–Trinajstić information content (AvgIpc) is 3.50. The highest BCUT2D eigenvalue weighted by Crippen LogP contribution is 2.65. The maximum Gasteiger partial charge on any atom is 0.235 e. The first kappa shape index (κ1) is 23.2. The third kappa shape index (κ3) is 3.90. The van der Waals surface area contributed by atoms with Crippen molar-refractivity contribution >= 4 is 34.6 Å². The Balaban J connectivity index is 1.08. The number of hydrogen-bond acceptors (Lipinski definition) is 5. The van der Waals surface area contributed by atoms with Crippen LogP contribution in [0.5, 0.6) is 5.75 Å². The normalized spacial score (nSPS) is 22.8. The van der Waals surface area contributed by atoms with E-state index in [2.05, 4.69) is 75.0 Å². The van der Waals surface area contributed by atoms with Crippen molar-refractivity contribution in [2.45, 2.75) is 24.3 Å². The summed E-state index contributed by atoms with van der Waals surface area (Å²) < 4.78 is 10.9. The number of morpholine rings is 1. The SMILES string of the molecule is COc1ccc2c(c1)[C@]1(CC1c1ccc3c(C=Cc4ccc(CN5CCOCC5)cc4)n[nH]c3c1)C(=O)N2. The summed E-state index contributed by atoms with van der Waals surface area (Å²) in [7, 11) is 1.66. The molecule has 1 aromatic heterocycles. The molecular weight excluding hydrogens is 476 g/mol. The molecule has 1 saturated carbocycles. The largest absolute Gasteiger partial charge is 0.497 e. The second kappa shape index (κ2) is 9.11. The summed E-state index contributed by atoms with van der Waals surface area (Å²) in [5, 5.41) is 11.9. The number of fused-ring (bicyclic) bond motifs is 3. The lowest BCUT2D eigenvalue weighted by Crippen LogP contribution is -2.35. The van der Waals surface area contributed by atoms with Gasteiger partial charge < -0.3 is 14.8 Å². The maximum absolute atomic E-state index is 13.0. The van der Waals surface area contributed by atoms with Crippen molar-refractivity contribution < 1.29 is 14.3 Å². The van der Waals surface area contributed by atoms with Gasteiger partial charge in [-0.25, -0.2) is 0 Å². The molecule has 3 aliphatic rings. The van der Waals surface area contributed by atoms with Crippen molar-refractivity contribution in [1.82, 2.24) is 15.1 Å². The minimum absolute atomic E-state index is 0.0787. The fourth-order valence-electron chi connectivity index (χ4n) is 6.03. The van der Waals surface area contributed by atoms with Crippen LogP contribution in [-0.4, -0.2) is 54.4 Å². The van der Waals surface area contributed by atoms with Gasteiger partial charge in [-0.2, -0.15) is 5.10 Å². The number of benzene rings is 3. The smallest absolute Gasteiger partial charge is 0.235 e. The Morgan fingerprint density at radius 3 is 2.74 bits per heavy atom. The van der Waals surface area contributed by atoms with Gasteiger partial charge in [-0.15, -0.1) is 0 Å². The molecule has 2 atom stereocenters. The monoisotopic (exact) mass is 506 g/mol. The highest BCUT2D eigenvalue weighted by molar-refractivity contribution is 6.10. The van der Waals surface area contributed by atoms with Crippen LogP contribution in [0.1, 0.15) is 40.3 Å². The summed E-state index contributed by atoms with van der Waals surface area (Å²) in [6, 6.07) is 20.9. The molecular formula is C31H30N4O3. The summed E-state index contributed by atoms with van der Waals surface area (Å²) in [4.78, 5) is 15.4. The van der Waals surface area contributed by atoms with E-state index in [9.17, 15) is 4.79 Å². The second-order valence-corrected chi connectivity index (χ2v) is 10.5. The highest BCUT2D eigenvalue weighted by atomic mass is 16.5. The van der Waals surface area contributed by atoms with Gasteiger partial charge in [0.1, 0.15) is 5.75 Å². The number of aromatic nitrogens is 2. The van der Waals surface area contributed by atoms with Crippen LogP contribution >= 0.6 is 0 Å². The third-order valence-electron chi connectivity index (χ3n) is 8.26. The zero-order chi connectivity index (χ0) is 25.7. The van der Waals surface area contributed by atoms with Crippen LogP contribution in [0.2, 0.25) is 0 Å². The molecule has 0 radical (unpaired) electrons. The number of methoxy groups -OCH3 is 1. The number of hydrogen-bond donors (Lipinski definition) is 2. The van der Waals surface area contributed by atoms with E-state index in [1.54, 1.807) is 7.11 Å². The number of carbonyl (C=O) groups excluding carboxylic acids is 1. The number of aromatic amines is 1. The predicted molar refractivity (Wildman–Crippen MR) is 148 cm³/mol. The van der Waals surface area contributed by atoms with Crippen LogP contribution in [0.3, 0.4) is 0 Å². The van der Waals surface area contributed by atoms with Gasteiger partial charge in [0.15, 0.2) is 0 Å². The molecule has 1 amide bonds. The Morgan fingerprint density at radius 2 is 1.92 bits per heavy atom. The van der Waals surface area contributed by atoms with Crippen LogP contribution in [0.25, 0.3) is 23.1 Å². The lowest BCUT2D eigenvalue weighted by molar-refractivity contribution is -0.118. The third-order valence-corrected chi connectivity index (χ3v) is 8.26. The van der Waals surface area contributed by atoms with Crippen molar-refractivity contribution in [3.8, 4) is 5.75 Å². The average molecular weight is 507 g/mol. The van der Waals surface area contributed by atoms with Crippen LogP contribution < -0.4 is 10.1 Å². The van der Waals surface area contributed by atoms with E-state index in [1.165, 1.54) is 5.56 Å². The molecule has 0 bridgehead atoms. The van der Waals surface area contributed by atoms with E-state index in [1.807, 2.05) is 18.2 Å². The number of carbonyl (C=O) groups is 1. The zero-order valence-electron chi connectivity index (χ0n) is 21.4. The molecule has 3 aromatic carbocycles. The molecule has 2 N–H and O–H groups in total. The summed E-state index contributed by atoms with van der Waals surface area (Å²) in [6.07, 6.45) is 4.96. The Kier molecular flexibility index (Phi) is 5.56. The number of rotatable bonds is 6. The number of ether oxygens (including phenoxy) is 2. The van der Waals surface area contributed by atoms with E-state index >= 15 is 0 Å². The van der Waals surface area contributed by atoms with Gasteiger partial charge in [0.25, 0.3) is 0 Å². The molecule has 3 heterocycles. The number of amides is 1. The molecule has 1 unspecified atom stereocenters. The number of H-pyrrole nitrogens is 1. The molecule has 1 aliphatic carbocycles. The Morgan fingerprint density at radius 1 is 1.08 bits per heavy atom. The van der Waals surface area contributed by atoms with E-state index in [-0.39, 0.29) is 11.8 Å². The Bertz CT molecular complexity index is 1550. The molecule has 38 heavy (non-hydrogen) atoms. The van der Waals surface area contributed by atoms with Crippen molar-refractivity contribution in [1.29, 1.82) is 0 Å². The molecule has 4 aromatic rings. The fraction of sp³-hybridized carbons (Fsp3) is 0.290. The first-order chi connectivity index (χ1) is 18.6. The first-order valence-electron chi connectivity index (χ1n) is 13.2. The minimum atomic E-state index is -0.506. The van der Waals surface area contributed by atoms with E-state index in [0.29, 0.717) is 0 Å². The predicted octanol–water partition coefficient (Wildman–Crippen LogP) is 4.95. The summed E-state index contributed by atoms with van der Waals surface area (Å²) in [6.45, 7) is 4.59. The fourth-order valence-corrected chi connectivity index (χ4v) is 6.03. The maximum atomic E-state index is 13.0. The Labute approximate surface area is 221 Å². The topological polar surface area (TPSA) is 79.5 Å². The van der Waals surface area contributed by atoms with Crippen LogP contribution in [0.15, 0.2) is 60.7 Å². The number of nitrogens with one attached hydrogen (secondary N) is 2. The van der Waals surface area contributed by atoms with Crippen molar-refractivity contribution in [3.63, 3.8) is 0 Å². The summed E-state index contributed by atoms with van der Waals surface area (Å²) >= 11 is 0. The Hall–Kier alpha value is -3.94. The van der Waals surface area contributed by atoms with Gasteiger partial charge in [0, 0.05) is 36.6 Å². The molecule has 7 rings (SSSR count). The number of nitrogens with zero attached hydrogens (tertiary/aromatic N) is 2. The molecule has 1 saturated heterocycles. The second-order valence-electron chi connectivity index (χ2n) is 10.5. The molecule has 2 aliphatic heterocycles. The van der Waals surface area contributed by atoms with Gasteiger partial charge in [-0.3, -0.25) is 14.8 Å². The number of anilines is 1. The minimum Gasteiger partial charge on any atom is -0.497 e. The van der Waals surface area contributed by atoms with Gasteiger partial charge in [-0.05, 0) is 59.0 Å². The highest BCUT2D eigenvalue weighted by Gasteiger charge is 2.65. The van der Waals surface area contributed by atoms with Crippen molar-refractivity contribution in [3.05, 3.63) is 88.6 Å². The van der Waals surface area contributed by atoms with Crippen LogP contribution in [-0.2, 0) is 21.5 Å². The molecule has 2 fully saturated rings. The molecule has 1 spiro atoms. The van der Waals surface area contributed by atoms with Gasteiger partial charge in [-0.1, -0.05) is 42.5 Å². The molecule has 7 nitrogen and oxygen atoms in total. The summed E-state index contributed by atoms with van der Waals surface area (Å²) in [5.41, 5.74) is 6.92. The zero-order valence-corrected chi connectivity index (χ0v) is 21.4. The molecule has 7 heteroatoms. The standard InChI is InChI=1S/C31H30N4O3/c1-37-23-8-11-28-25(17-23)31(30(36)32-28)18-26(31)22-7-9-24-27(33-34-29(24)16-22)10-6-20-2-4-21(5-3-20)19-35-12-14-38-15-13-35/h2-11,16-17,26H,12-15,18-19H2,1H3,(H,32,36)(H,33,34)/t26?,31-/m0/s1. The van der Waals surface area contributed by atoms with Crippen LogP contribution in [0.4, 0.5) is 5.69 Å². The van der Waals surface area contributed by atoms with Crippen LogP contribution in [0, 0.1) is 0 Å². The first-order valence-corrected chi connectivity index (χ1v) is 13.2. The van der Waals surface area contributed by atoms with E-state index < -0.39 is 5.41 Å². The van der Waals surface area contributed by atoms with Gasteiger partial charge >= 0.3 is 0 Å². The quantitative estimate of drug-likeness (QED) is 0.387. The van der Waals surface area contributed by atoms with Crippen molar-refractivity contribution in [2.24, 2.45) is 0 Å². The van der Waals surface area contributed by atoms with Gasteiger partial charge in [0.2, 0.25) is 5.91 Å². The van der Waals surface area contributed by atoms with E-state index in [4.69, 9.17) is 9.47 Å². The lowest BCUT2D eigenvalue weighted by atomic mass is 9.91. The van der Waals surface area contributed by atoms with Crippen molar-refractivity contribution in [2.75, 3.05) is 38.7 Å². The van der Waals surface area contributed by atoms with E-state index in [0.717, 1.165) is 84.0 Å². The summed E-state index contributed by atoms with van der Waals surface area (Å²) in [5.74, 6) is 0.992. The van der Waals surface area contributed by atoms with Gasteiger partial charge in [0.05, 0.1) is 36.9 Å².